The summed E-state index contributed by atoms with van der Waals surface area (Å²) in [7, 11) is 5.28. The van der Waals surface area contributed by atoms with Crippen LogP contribution in [0.15, 0.2) is 30.4 Å². The van der Waals surface area contributed by atoms with Gasteiger partial charge in [0, 0.05) is 11.6 Å². The molecule has 1 N–H and O–H groups in total. The first kappa shape index (κ1) is 13.6. The molecule has 1 aromatic carbocycles. The minimum Gasteiger partial charge on any atom is -0.497 e. The van der Waals surface area contributed by atoms with Gasteiger partial charge in [0.25, 0.3) is 0 Å². The minimum atomic E-state index is 0.192. The Hall–Kier alpha value is -1.48. The molecule has 0 spiro atoms. The summed E-state index contributed by atoms with van der Waals surface area (Å²) in [5.74, 6) is 1.70. The highest BCUT2D eigenvalue weighted by Gasteiger charge is 2.15. The van der Waals surface area contributed by atoms with Gasteiger partial charge in [0.05, 0.1) is 14.2 Å². The maximum atomic E-state index is 5.38. The zero-order valence-corrected chi connectivity index (χ0v) is 11.0. The van der Waals surface area contributed by atoms with Gasteiger partial charge in [-0.25, -0.2) is 0 Å². The van der Waals surface area contributed by atoms with Crippen molar-refractivity contribution in [2.45, 2.75) is 19.4 Å². The van der Waals surface area contributed by atoms with Crippen LogP contribution in [0.25, 0.3) is 0 Å². The molecule has 17 heavy (non-hydrogen) atoms. The third-order valence-corrected chi connectivity index (χ3v) is 2.71. The van der Waals surface area contributed by atoms with E-state index in [1.807, 2.05) is 32.2 Å². The van der Waals surface area contributed by atoms with Crippen LogP contribution in [0.1, 0.15) is 24.9 Å². The summed E-state index contributed by atoms with van der Waals surface area (Å²) >= 11 is 0. The number of hydrogen-bond acceptors (Lipinski definition) is 3. The zero-order valence-electron chi connectivity index (χ0n) is 11.0. The van der Waals surface area contributed by atoms with Gasteiger partial charge in [0.1, 0.15) is 11.5 Å². The van der Waals surface area contributed by atoms with E-state index in [1.165, 1.54) is 0 Å². The second-order valence-corrected chi connectivity index (χ2v) is 4.11. The van der Waals surface area contributed by atoms with Gasteiger partial charge in [-0.2, -0.15) is 0 Å². The molecule has 0 saturated carbocycles. The third kappa shape index (κ3) is 3.49. The Labute approximate surface area is 103 Å². The summed E-state index contributed by atoms with van der Waals surface area (Å²) in [4.78, 5) is 0. The predicted molar refractivity (Wildman–Crippen MR) is 70.8 cm³/mol. The van der Waals surface area contributed by atoms with Crippen molar-refractivity contribution in [2.75, 3.05) is 21.3 Å². The lowest BCUT2D eigenvalue weighted by Gasteiger charge is -2.20. The Kier molecular flexibility index (Phi) is 5.04. The molecular formula is C14H21NO2. The lowest BCUT2D eigenvalue weighted by atomic mass is 9.99. The van der Waals surface area contributed by atoms with Crippen LogP contribution in [0.3, 0.4) is 0 Å². The van der Waals surface area contributed by atoms with Crippen LogP contribution in [0.4, 0.5) is 0 Å². The Balaban J connectivity index is 3.09. The molecule has 0 aromatic heterocycles. The van der Waals surface area contributed by atoms with E-state index in [2.05, 4.69) is 11.9 Å². The second kappa shape index (κ2) is 6.30. The number of nitrogens with one attached hydrogen (secondary N) is 1. The molecular weight excluding hydrogens is 214 g/mol. The summed E-state index contributed by atoms with van der Waals surface area (Å²) in [5.41, 5.74) is 2.23. The third-order valence-electron chi connectivity index (χ3n) is 2.71. The van der Waals surface area contributed by atoms with E-state index < -0.39 is 0 Å². The van der Waals surface area contributed by atoms with E-state index in [0.717, 1.165) is 29.1 Å². The van der Waals surface area contributed by atoms with Crippen LogP contribution in [0.5, 0.6) is 11.5 Å². The van der Waals surface area contributed by atoms with Crippen molar-refractivity contribution in [3.8, 4) is 11.5 Å². The molecule has 0 radical (unpaired) electrons. The van der Waals surface area contributed by atoms with Gasteiger partial charge in [0.2, 0.25) is 0 Å². The van der Waals surface area contributed by atoms with E-state index >= 15 is 0 Å². The van der Waals surface area contributed by atoms with Crippen LogP contribution in [0, 0.1) is 0 Å². The van der Waals surface area contributed by atoms with E-state index in [0.29, 0.717) is 0 Å². The average molecular weight is 235 g/mol. The maximum absolute atomic E-state index is 5.38. The molecule has 1 aromatic rings. The lowest BCUT2D eigenvalue weighted by Crippen LogP contribution is -2.17. The first-order valence-electron chi connectivity index (χ1n) is 5.66. The van der Waals surface area contributed by atoms with Crippen molar-refractivity contribution in [2.24, 2.45) is 0 Å². The molecule has 0 bridgehead atoms. The summed E-state index contributed by atoms with van der Waals surface area (Å²) < 4.78 is 10.6. The smallest absolute Gasteiger partial charge is 0.123 e. The molecule has 0 aliphatic rings. The van der Waals surface area contributed by atoms with Gasteiger partial charge in [-0.3, -0.25) is 0 Å². The molecule has 0 heterocycles. The largest absolute Gasteiger partial charge is 0.497 e. The van der Waals surface area contributed by atoms with Crippen molar-refractivity contribution in [3.63, 3.8) is 0 Å². The predicted octanol–water partition coefficient (Wildman–Crippen LogP) is 2.93. The number of benzene rings is 1. The fraction of sp³-hybridized carbons (Fsp3) is 0.429. The SMILES string of the molecule is C=C(C)CC(NC)c1cc(OC)ccc1OC. The molecule has 1 atom stereocenters. The zero-order chi connectivity index (χ0) is 12.8. The molecule has 0 saturated heterocycles. The van der Waals surface area contributed by atoms with Gasteiger partial charge in [-0.1, -0.05) is 5.57 Å². The molecule has 3 nitrogen and oxygen atoms in total. The van der Waals surface area contributed by atoms with Gasteiger partial charge in [-0.05, 0) is 38.6 Å². The molecule has 94 valence electrons. The molecule has 0 aliphatic carbocycles. The number of methoxy groups -OCH3 is 2. The molecule has 3 heteroatoms. The maximum Gasteiger partial charge on any atom is 0.123 e. The van der Waals surface area contributed by atoms with Crippen molar-refractivity contribution < 1.29 is 9.47 Å². The topological polar surface area (TPSA) is 30.5 Å². The van der Waals surface area contributed by atoms with Crippen molar-refractivity contribution in [1.29, 1.82) is 0 Å². The monoisotopic (exact) mass is 235 g/mol. The van der Waals surface area contributed by atoms with E-state index in [1.54, 1.807) is 14.2 Å². The number of hydrogen-bond donors (Lipinski definition) is 1. The highest BCUT2D eigenvalue weighted by atomic mass is 16.5. The fourth-order valence-electron chi connectivity index (χ4n) is 1.83. The Bertz CT molecular complexity index is 388. The summed E-state index contributed by atoms with van der Waals surface area (Å²) in [6, 6.07) is 6.02. The van der Waals surface area contributed by atoms with Crippen molar-refractivity contribution in [1.82, 2.24) is 5.32 Å². The van der Waals surface area contributed by atoms with Crippen LogP contribution >= 0.6 is 0 Å². The average Bonchev–Trinajstić information content (AvgIpc) is 2.34. The number of ether oxygens (including phenoxy) is 2. The van der Waals surface area contributed by atoms with Gasteiger partial charge < -0.3 is 14.8 Å². The summed E-state index contributed by atoms with van der Waals surface area (Å²) in [5, 5.41) is 3.28. The minimum absolute atomic E-state index is 0.192. The van der Waals surface area contributed by atoms with E-state index in [4.69, 9.17) is 9.47 Å². The van der Waals surface area contributed by atoms with Crippen LogP contribution < -0.4 is 14.8 Å². The first-order chi connectivity index (χ1) is 8.12. The standard InChI is InChI=1S/C14H21NO2/c1-10(2)8-13(15-3)12-9-11(16-4)6-7-14(12)17-5/h6-7,9,13,15H,1,8H2,2-5H3. The highest BCUT2D eigenvalue weighted by Crippen LogP contribution is 2.32. The van der Waals surface area contributed by atoms with Crippen LogP contribution in [0.2, 0.25) is 0 Å². The van der Waals surface area contributed by atoms with E-state index in [9.17, 15) is 0 Å². The van der Waals surface area contributed by atoms with Crippen LogP contribution in [-0.2, 0) is 0 Å². The quantitative estimate of drug-likeness (QED) is 0.769. The second-order valence-electron chi connectivity index (χ2n) is 4.11. The fourth-order valence-corrected chi connectivity index (χ4v) is 1.83. The normalized spacial score (nSPS) is 12.0. The highest BCUT2D eigenvalue weighted by molar-refractivity contribution is 5.42. The van der Waals surface area contributed by atoms with Gasteiger partial charge in [-0.15, -0.1) is 6.58 Å². The molecule has 0 fully saturated rings. The van der Waals surface area contributed by atoms with Gasteiger partial charge >= 0.3 is 0 Å². The van der Waals surface area contributed by atoms with Crippen LogP contribution in [-0.4, -0.2) is 21.3 Å². The summed E-state index contributed by atoms with van der Waals surface area (Å²) in [6.45, 7) is 5.98. The Morgan fingerprint density at radius 1 is 1.35 bits per heavy atom. The van der Waals surface area contributed by atoms with Crippen molar-refractivity contribution >= 4 is 0 Å². The molecule has 0 amide bonds. The molecule has 1 unspecified atom stereocenters. The molecule has 0 aliphatic heterocycles. The molecule has 1 rings (SSSR count). The number of rotatable bonds is 6. The van der Waals surface area contributed by atoms with Crippen molar-refractivity contribution in [3.05, 3.63) is 35.9 Å². The van der Waals surface area contributed by atoms with Gasteiger partial charge in [0.15, 0.2) is 0 Å². The lowest BCUT2D eigenvalue weighted by molar-refractivity contribution is 0.391. The first-order valence-corrected chi connectivity index (χ1v) is 5.66. The summed E-state index contributed by atoms with van der Waals surface area (Å²) in [6.07, 6.45) is 0.875. The van der Waals surface area contributed by atoms with E-state index in [-0.39, 0.29) is 6.04 Å². The Morgan fingerprint density at radius 2 is 2.06 bits per heavy atom. The Morgan fingerprint density at radius 3 is 2.53 bits per heavy atom.